The molecular formula is C15H20N2O5. The number of rotatable bonds is 4. The summed E-state index contributed by atoms with van der Waals surface area (Å²) in [4.78, 5) is 37.4. The van der Waals surface area contributed by atoms with Crippen molar-refractivity contribution in [1.29, 1.82) is 0 Å². The molecule has 0 spiro atoms. The summed E-state index contributed by atoms with van der Waals surface area (Å²) in [5.74, 6) is -1.48. The van der Waals surface area contributed by atoms with E-state index in [1.54, 1.807) is 11.0 Å². The Balaban J connectivity index is 2.35. The van der Waals surface area contributed by atoms with Crippen LogP contribution in [0.25, 0.3) is 0 Å². The Morgan fingerprint density at radius 2 is 1.91 bits per heavy atom. The molecule has 2 rings (SSSR count). The molecule has 1 N–H and O–H groups in total. The van der Waals surface area contributed by atoms with E-state index in [1.165, 1.54) is 10.6 Å². The second-order valence-electron chi connectivity index (χ2n) is 5.52. The van der Waals surface area contributed by atoms with Gasteiger partial charge in [0.05, 0.1) is 13.2 Å². The van der Waals surface area contributed by atoms with Crippen molar-refractivity contribution in [2.45, 2.75) is 26.3 Å². The van der Waals surface area contributed by atoms with Crippen LogP contribution in [-0.2, 0) is 16.1 Å². The molecule has 0 unspecified atom stereocenters. The summed E-state index contributed by atoms with van der Waals surface area (Å²) in [6, 6.07) is 2.90. The number of ether oxygens (including phenoxy) is 1. The first-order valence-corrected chi connectivity index (χ1v) is 7.24. The summed E-state index contributed by atoms with van der Waals surface area (Å²) in [5, 5.41) is 9.08. The Hall–Kier alpha value is -2.15. The third-order valence-electron chi connectivity index (χ3n) is 3.69. The van der Waals surface area contributed by atoms with Crippen molar-refractivity contribution in [3.8, 4) is 0 Å². The fourth-order valence-corrected chi connectivity index (χ4v) is 2.47. The lowest BCUT2D eigenvalue weighted by Gasteiger charge is -2.27. The fraction of sp³-hybridized carbons (Fsp3) is 0.533. The Kier molecular flexibility index (Phi) is 4.97. The molecule has 0 saturated carbocycles. The topological polar surface area (TPSA) is 88.8 Å². The average molecular weight is 308 g/mol. The highest BCUT2D eigenvalue weighted by atomic mass is 16.5. The SMILES string of the molecule is CC(C)c1ccc(C(=O)O)c(=O)n1CC(=O)N1CCOCC1. The molecule has 1 fully saturated rings. The zero-order valence-corrected chi connectivity index (χ0v) is 12.7. The van der Waals surface area contributed by atoms with E-state index in [4.69, 9.17) is 9.84 Å². The number of morpholine rings is 1. The smallest absolute Gasteiger partial charge is 0.341 e. The number of carbonyl (C=O) groups excluding carboxylic acids is 1. The molecule has 0 radical (unpaired) electrons. The molecule has 7 heteroatoms. The zero-order valence-electron chi connectivity index (χ0n) is 12.7. The minimum absolute atomic E-state index is 0.00744. The molecule has 0 aliphatic carbocycles. The van der Waals surface area contributed by atoms with Gasteiger partial charge in [-0.25, -0.2) is 4.79 Å². The summed E-state index contributed by atoms with van der Waals surface area (Å²) in [6.45, 7) is 5.58. The van der Waals surface area contributed by atoms with Crippen LogP contribution in [0.1, 0.15) is 35.8 Å². The molecule has 22 heavy (non-hydrogen) atoms. The van der Waals surface area contributed by atoms with Gasteiger partial charge in [-0.1, -0.05) is 13.8 Å². The predicted octanol–water partition coefficient (Wildman–Crippen LogP) is 0.529. The van der Waals surface area contributed by atoms with Crippen LogP contribution in [0.2, 0.25) is 0 Å². The van der Waals surface area contributed by atoms with Crippen molar-refractivity contribution in [2.75, 3.05) is 26.3 Å². The van der Waals surface area contributed by atoms with Gasteiger partial charge < -0.3 is 19.3 Å². The van der Waals surface area contributed by atoms with Crippen LogP contribution in [0, 0.1) is 0 Å². The number of carboxylic acids is 1. The predicted molar refractivity (Wildman–Crippen MR) is 79.1 cm³/mol. The van der Waals surface area contributed by atoms with E-state index in [0.717, 1.165) is 0 Å². The average Bonchev–Trinajstić information content (AvgIpc) is 2.49. The number of aromatic carboxylic acids is 1. The first-order valence-electron chi connectivity index (χ1n) is 7.24. The van der Waals surface area contributed by atoms with Crippen LogP contribution < -0.4 is 5.56 Å². The lowest BCUT2D eigenvalue weighted by molar-refractivity contribution is -0.136. The molecule has 0 atom stereocenters. The standard InChI is InChI=1S/C15H20N2O5/c1-10(2)12-4-3-11(15(20)21)14(19)17(12)9-13(18)16-5-7-22-8-6-16/h3-4,10H,5-9H2,1-2H3,(H,20,21). The highest BCUT2D eigenvalue weighted by Crippen LogP contribution is 2.14. The number of pyridine rings is 1. The Bertz CT molecular complexity index is 629. The quantitative estimate of drug-likeness (QED) is 0.876. The van der Waals surface area contributed by atoms with E-state index in [-0.39, 0.29) is 23.9 Å². The van der Waals surface area contributed by atoms with Gasteiger partial charge >= 0.3 is 5.97 Å². The van der Waals surface area contributed by atoms with Crippen LogP contribution in [0.4, 0.5) is 0 Å². The molecule has 0 bridgehead atoms. The van der Waals surface area contributed by atoms with Crippen molar-refractivity contribution >= 4 is 11.9 Å². The molecule has 2 heterocycles. The third-order valence-corrected chi connectivity index (χ3v) is 3.69. The monoisotopic (exact) mass is 308 g/mol. The molecule has 1 aromatic rings. The van der Waals surface area contributed by atoms with Crippen LogP contribution in [0.15, 0.2) is 16.9 Å². The van der Waals surface area contributed by atoms with Crippen LogP contribution in [-0.4, -0.2) is 52.8 Å². The molecule has 7 nitrogen and oxygen atoms in total. The second kappa shape index (κ2) is 6.74. The molecule has 1 aromatic heterocycles. The van der Waals surface area contributed by atoms with Gasteiger partial charge in [0.15, 0.2) is 0 Å². The summed E-state index contributed by atoms with van der Waals surface area (Å²) >= 11 is 0. The molecule has 120 valence electrons. The lowest BCUT2D eigenvalue weighted by atomic mass is 10.1. The van der Waals surface area contributed by atoms with Crippen LogP contribution in [0.3, 0.4) is 0 Å². The number of carbonyl (C=O) groups is 2. The van der Waals surface area contributed by atoms with Crippen molar-refractivity contribution in [3.05, 3.63) is 33.7 Å². The lowest BCUT2D eigenvalue weighted by Crippen LogP contribution is -2.44. The molecule has 0 aromatic carbocycles. The van der Waals surface area contributed by atoms with E-state index >= 15 is 0 Å². The van der Waals surface area contributed by atoms with Gasteiger partial charge in [-0.2, -0.15) is 0 Å². The van der Waals surface area contributed by atoms with Gasteiger partial charge in [0.1, 0.15) is 12.1 Å². The Morgan fingerprint density at radius 3 is 2.45 bits per heavy atom. The second-order valence-corrected chi connectivity index (χ2v) is 5.52. The summed E-state index contributed by atoms with van der Waals surface area (Å²) in [7, 11) is 0. The highest BCUT2D eigenvalue weighted by Gasteiger charge is 2.21. The van der Waals surface area contributed by atoms with Gasteiger partial charge in [0, 0.05) is 18.8 Å². The van der Waals surface area contributed by atoms with Crippen molar-refractivity contribution in [3.63, 3.8) is 0 Å². The number of hydrogen-bond donors (Lipinski definition) is 1. The number of amides is 1. The van der Waals surface area contributed by atoms with Gasteiger partial charge in [-0.05, 0) is 18.1 Å². The minimum atomic E-state index is -1.28. The van der Waals surface area contributed by atoms with Crippen LogP contribution in [0.5, 0.6) is 0 Å². The third kappa shape index (κ3) is 3.36. The van der Waals surface area contributed by atoms with Gasteiger partial charge in [-0.3, -0.25) is 9.59 Å². The number of hydrogen-bond acceptors (Lipinski definition) is 4. The summed E-state index contributed by atoms with van der Waals surface area (Å²) in [6.07, 6.45) is 0. The van der Waals surface area contributed by atoms with Crippen LogP contribution >= 0.6 is 0 Å². The van der Waals surface area contributed by atoms with Gasteiger partial charge in [-0.15, -0.1) is 0 Å². The maximum absolute atomic E-state index is 12.3. The summed E-state index contributed by atoms with van der Waals surface area (Å²) in [5.41, 5.74) is -0.309. The highest BCUT2D eigenvalue weighted by molar-refractivity contribution is 5.87. The molecule has 1 saturated heterocycles. The number of nitrogens with zero attached hydrogens (tertiary/aromatic N) is 2. The molecular weight excluding hydrogens is 288 g/mol. The van der Waals surface area contributed by atoms with E-state index in [9.17, 15) is 14.4 Å². The van der Waals surface area contributed by atoms with Crippen molar-refractivity contribution in [1.82, 2.24) is 9.47 Å². The Labute approximate surface area is 128 Å². The summed E-state index contributed by atoms with van der Waals surface area (Å²) < 4.78 is 6.47. The van der Waals surface area contributed by atoms with E-state index in [0.29, 0.717) is 32.0 Å². The maximum atomic E-state index is 12.3. The van der Waals surface area contributed by atoms with Gasteiger partial charge in [0.2, 0.25) is 5.91 Å². The van der Waals surface area contributed by atoms with Crippen molar-refractivity contribution in [2.24, 2.45) is 0 Å². The van der Waals surface area contributed by atoms with E-state index in [1.807, 2.05) is 13.8 Å². The first-order chi connectivity index (χ1) is 10.4. The molecule has 1 aliphatic rings. The molecule has 1 aliphatic heterocycles. The minimum Gasteiger partial charge on any atom is -0.477 e. The van der Waals surface area contributed by atoms with Crippen molar-refractivity contribution < 1.29 is 19.4 Å². The van der Waals surface area contributed by atoms with E-state index < -0.39 is 11.5 Å². The molecule has 1 amide bonds. The fourth-order valence-electron chi connectivity index (χ4n) is 2.47. The maximum Gasteiger partial charge on any atom is 0.341 e. The largest absolute Gasteiger partial charge is 0.477 e. The number of carboxylic acid groups (broad SMARTS) is 1. The number of aromatic nitrogens is 1. The van der Waals surface area contributed by atoms with E-state index in [2.05, 4.69) is 0 Å². The van der Waals surface area contributed by atoms with Gasteiger partial charge in [0.25, 0.3) is 5.56 Å². The normalized spacial score (nSPS) is 15.1. The zero-order chi connectivity index (χ0) is 16.3. The first kappa shape index (κ1) is 16.2. The Morgan fingerprint density at radius 1 is 1.27 bits per heavy atom.